The second-order valence-corrected chi connectivity index (χ2v) is 9.43. The van der Waals surface area contributed by atoms with Gasteiger partial charge in [-0.2, -0.15) is 0 Å². The van der Waals surface area contributed by atoms with Gasteiger partial charge in [-0.05, 0) is 52.9 Å². The Hall–Kier alpha value is -4.16. The molecular formula is C26H33N5O7. The first-order chi connectivity index (χ1) is 18.0. The lowest BCUT2D eigenvalue weighted by Gasteiger charge is -2.25. The molecule has 0 fully saturated rings. The quantitative estimate of drug-likeness (QED) is 0.227. The number of primary amides is 1. The van der Waals surface area contributed by atoms with E-state index in [1.165, 1.54) is 12.1 Å². The van der Waals surface area contributed by atoms with Crippen LogP contribution in [0.25, 0.3) is 11.1 Å². The molecule has 2 aromatic carbocycles. The normalized spacial score (nSPS) is 20.8. The van der Waals surface area contributed by atoms with Crippen LogP contribution in [0.5, 0.6) is 11.5 Å². The van der Waals surface area contributed by atoms with Crippen molar-refractivity contribution >= 4 is 23.6 Å². The number of amides is 4. The molecule has 10 N–H and O–H groups in total. The van der Waals surface area contributed by atoms with Crippen molar-refractivity contribution in [2.45, 2.75) is 44.4 Å². The molecule has 0 spiro atoms. The zero-order chi connectivity index (χ0) is 28.0. The molecule has 204 valence electrons. The summed E-state index contributed by atoms with van der Waals surface area (Å²) in [4.78, 5) is 50.4. The molecule has 0 aliphatic carbocycles. The van der Waals surface area contributed by atoms with Crippen LogP contribution < -0.4 is 27.4 Å². The summed E-state index contributed by atoms with van der Waals surface area (Å²) < 4.78 is 0. The number of rotatable bonds is 6. The van der Waals surface area contributed by atoms with Crippen molar-refractivity contribution in [3.8, 4) is 22.6 Å². The highest BCUT2D eigenvalue weighted by Gasteiger charge is 2.30. The molecule has 1 heterocycles. The monoisotopic (exact) mass is 527 g/mol. The third-order valence-corrected chi connectivity index (χ3v) is 6.37. The molecule has 38 heavy (non-hydrogen) atoms. The maximum absolute atomic E-state index is 13.3. The summed E-state index contributed by atoms with van der Waals surface area (Å²) in [5.41, 5.74) is 12.8. The highest BCUT2D eigenvalue weighted by Crippen LogP contribution is 2.31. The van der Waals surface area contributed by atoms with Gasteiger partial charge in [0, 0.05) is 25.3 Å². The van der Waals surface area contributed by atoms with Crippen molar-refractivity contribution in [1.82, 2.24) is 16.0 Å². The predicted molar refractivity (Wildman–Crippen MR) is 138 cm³/mol. The molecule has 2 aromatic rings. The van der Waals surface area contributed by atoms with Crippen LogP contribution in [-0.4, -0.2) is 70.2 Å². The molecule has 0 aromatic heterocycles. The van der Waals surface area contributed by atoms with E-state index in [1.54, 1.807) is 31.2 Å². The van der Waals surface area contributed by atoms with Crippen molar-refractivity contribution in [3.05, 3.63) is 47.5 Å². The summed E-state index contributed by atoms with van der Waals surface area (Å²) >= 11 is 0. The molecule has 12 nitrogen and oxygen atoms in total. The van der Waals surface area contributed by atoms with E-state index in [1.807, 2.05) is 0 Å². The number of phenols is 2. The number of fused-ring (bicyclic) bond motifs is 5. The van der Waals surface area contributed by atoms with Crippen LogP contribution in [0.1, 0.15) is 24.5 Å². The van der Waals surface area contributed by atoms with Crippen LogP contribution in [-0.2, 0) is 32.0 Å². The van der Waals surface area contributed by atoms with Gasteiger partial charge >= 0.3 is 0 Å². The van der Waals surface area contributed by atoms with E-state index in [0.29, 0.717) is 22.3 Å². The number of nitrogens with one attached hydrogen (secondary N) is 3. The first-order valence-corrected chi connectivity index (χ1v) is 12.2. The van der Waals surface area contributed by atoms with Gasteiger partial charge in [-0.15, -0.1) is 0 Å². The lowest BCUT2D eigenvalue weighted by molar-refractivity contribution is -0.134. The topological polar surface area (TPSA) is 217 Å². The Morgan fingerprint density at radius 2 is 1.58 bits per heavy atom. The fourth-order valence-corrected chi connectivity index (χ4v) is 4.19. The number of nitrogens with two attached hydrogens (primary N) is 2. The molecule has 4 amide bonds. The average molecular weight is 528 g/mol. The molecule has 0 unspecified atom stereocenters. The van der Waals surface area contributed by atoms with Crippen LogP contribution in [0, 0.1) is 5.92 Å². The molecule has 0 saturated carbocycles. The van der Waals surface area contributed by atoms with Gasteiger partial charge in [-0.3, -0.25) is 19.2 Å². The number of carbonyl (C=O) groups excluding carboxylic acids is 4. The van der Waals surface area contributed by atoms with Gasteiger partial charge in [-0.1, -0.05) is 19.1 Å². The first kappa shape index (κ1) is 28.4. The Bertz CT molecular complexity index is 1220. The highest BCUT2D eigenvalue weighted by molar-refractivity contribution is 5.94. The van der Waals surface area contributed by atoms with E-state index in [0.717, 1.165) is 0 Å². The second kappa shape index (κ2) is 12.4. The number of carbonyl (C=O) groups is 4. The molecule has 4 atom stereocenters. The van der Waals surface area contributed by atoms with Crippen LogP contribution in [0.2, 0.25) is 0 Å². The SMILES string of the molecule is C[C@H]1Cc2cc(ccc2O)-c2ccc(O)c(c2)C[C@@H](C(=O)NCC(N)=O)NC(=O)[C@H](C[C@@H](O)CN)NC1=O. The zero-order valence-corrected chi connectivity index (χ0v) is 20.9. The Kier molecular flexibility index (Phi) is 9.26. The number of phenolic OH excluding ortho intramolecular Hbond substituents is 2. The Morgan fingerprint density at radius 1 is 1.00 bits per heavy atom. The molecule has 3 rings (SSSR count). The molecule has 0 radical (unpaired) electrons. The van der Waals surface area contributed by atoms with Gasteiger partial charge in [0.05, 0.1) is 12.6 Å². The lowest BCUT2D eigenvalue weighted by Crippen LogP contribution is -2.56. The third-order valence-electron chi connectivity index (χ3n) is 6.37. The van der Waals surface area contributed by atoms with E-state index in [4.69, 9.17) is 11.5 Å². The highest BCUT2D eigenvalue weighted by atomic mass is 16.3. The smallest absolute Gasteiger partial charge is 0.243 e. The van der Waals surface area contributed by atoms with Crippen molar-refractivity contribution in [2.24, 2.45) is 17.4 Å². The second-order valence-electron chi connectivity index (χ2n) is 9.43. The van der Waals surface area contributed by atoms with E-state index in [2.05, 4.69) is 16.0 Å². The summed E-state index contributed by atoms with van der Waals surface area (Å²) in [7, 11) is 0. The van der Waals surface area contributed by atoms with Crippen molar-refractivity contribution in [2.75, 3.05) is 13.1 Å². The molecule has 4 bridgehead atoms. The minimum Gasteiger partial charge on any atom is -0.508 e. The minimum absolute atomic E-state index is 0.00393. The number of hydrogen-bond donors (Lipinski definition) is 8. The number of aliphatic hydroxyl groups is 1. The summed E-state index contributed by atoms with van der Waals surface area (Å²) in [5.74, 6) is -3.62. The lowest BCUT2D eigenvalue weighted by atomic mass is 9.94. The predicted octanol–water partition coefficient (Wildman–Crippen LogP) is -1.22. The zero-order valence-electron chi connectivity index (χ0n) is 20.9. The Balaban J connectivity index is 2.09. The van der Waals surface area contributed by atoms with Crippen LogP contribution in [0.3, 0.4) is 0 Å². The largest absolute Gasteiger partial charge is 0.508 e. The summed E-state index contributed by atoms with van der Waals surface area (Å²) in [6, 6.07) is 7.15. The van der Waals surface area contributed by atoms with E-state index >= 15 is 0 Å². The van der Waals surface area contributed by atoms with E-state index in [-0.39, 0.29) is 37.3 Å². The van der Waals surface area contributed by atoms with Crippen LogP contribution in [0.4, 0.5) is 0 Å². The van der Waals surface area contributed by atoms with Crippen molar-refractivity contribution in [3.63, 3.8) is 0 Å². The summed E-state index contributed by atoms with van der Waals surface area (Å²) in [6.45, 7) is 0.989. The fraction of sp³-hybridized carbons (Fsp3) is 0.385. The van der Waals surface area contributed by atoms with Gasteiger partial charge in [0.25, 0.3) is 0 Å². The van der Waals surface area contributed by atoms with Crippen LogP contribution in [0.15, 0.2) is 36.4 Å². The standard InChI is InChI=1S/C26H33N5O7/c1-13-6-16-7-14(2-4-21(16)33)15-3-5-22(34)17(8-15)9-19(25(37)29-12-23(28)35)31-26(38)20(30-24(13)36)10-18(32)11-27/h2-5,7-8,13,18-20,32-34H,6,9-12,27H2,1H3,(H2,28,35)(H,29,37)(H,30,36)(H,31,38)/t13-,18+,19-,20-/m0/s1. The molecule has 12 heteroatoms. The third kappa shape index (κ3) is 7.20. The summed E-state index contributed by atoms with van der Waals surface area (Å²) in [6.07, 6.45) is -1.36. The number of hydrogen-bond acceptors (Lipinski definition) is 8. The van der Waals surface area contributed by atoms with E-state index in [9.17, 15) is 34.5 Å². The maximum Gasteiger partial charge on any atom is 0.243 e. The van der Waals surface area contributed by atoms with Gasteiger partial charge in [0.2, 0.25) is 23.6 Å². The number of aliphatic hydroxyl groups excluding tert-OH is 1. The molecule has 0 saturated heterocycles. The van der Waals surface area contributed by atoms with Gasteiger partial charge in [0.15, 0.2) is 0 Å². The molecule has 1 aliphatic rings. The van der Waals surface area contributed by atoms with Gasteiger partial charge < -0.3 is 42.7 Å². The fourth-order valence-electron chi connectivity index (χ4n) is 4.19. The van der Waals surface area contributed by atoms with Gasteiger partial charge in [0.1, 0.15) is 23.6 Å². The van der Waals surface area contributed by atoms with Gasteiger partial charge in [-0.25, -0.2) is 0 Å². The molecule has 1 aliphatic heterocycles. The number of benzene rings is 2. The summed E-state index contributed by atoms with van der Waals surface area (Å²) in [5, 5.41) is 38.6. The first-order valence-electron chi connectivity index (χ1n) is 12.2. The Morgan fingerprint density at radius 3 is 2.13 bits per heavy atom. The van der Waals surface area contributed by atoms with Crippen molar-refractivity contribution < 1.29 is 34.5 Å². The Labute approximate surface area is 219 Å². The minimum atomic E-state index is -1.27. The van der Waals surface area contributed by atoms with E-state index < -0.39 is 54.3 Å². The average Bonchev–Trinajstić information content (AvgIpc) is 2.88. The number of aromatic hydroxyl groups is 2. The van der Waals surface area contributed by atoms with Crippen LogP contribution >= 0.6 is 0 Å². The molecular weight excluding hydrogens is 494 g/mol. The van der Waals surface area contributed by atoms with Crippen molar-refractivity contribution in [1.29, 1.82) is 0 Å². The maximum atomic E-state index is 13.3.